The minimum Gasteiger partial charge on any atom is -0.383 e. The lowest BCUT2D eigenvalue weighted by molar-refractivity contribution is -0.122. The molecule has 1 heterocycles. The summed E-state index contributed by atoms with van der Waals surface area (Å²) in [6.07, 6.45) is 1.92. The van der Waals surface area contributed by atoms with Gasteiger partial charge in [0.2, 0.25) is 5.91 Å². The van der Waals surface area contributed by atoms with E-state index in [1.807, 2.05) is 19.2 Å². The summed E-state index contributed by atoms with van der Waals surface area (Å²) < 4.78 is 4.90. The summed E-state index contributed by atoms with van der Waals surface area (Å²) >= 11 is 0. The molecule has 1 unspecified atom stereocenters. The maximum absolute atomic E-state index is 11.8. The molecular formula is C15H21N3O2. The molecule has 0 bridgehead atoms. The lowest BCUT2D eigenvalue weighted by atomic mass is 10.1. The highest BCUT2D eigenvalue weighted by atomic mass is 16.5. The smallest absolute Gasteiger partial charge is 0.236 e. The van der Waals surface area contributed by atoms with Crippen LogP contribution in [0.4, 0.5) is 0 Å². The fourth-order valence-corrected chi connectivity index (χ4v) is 2.01. The summed E-state index contributed by atoms with van der Waals surface area (Å²) in [6.45, 7) is 3.59. The molecule has 108 valence electrons. The molecule has 1 amide bonds. The topological polar surface area (TPSA) is 66.2 Å². The first-order valence-corrected chi connectivity index (χ1v) is 6.77. The van der Waals surface area contributed by atoms with Crippen molar-refractivity contribution in [2.45, 2.75) is 19.5 Å². The summed E-state index contributed by atoms with van der Waals surface area (Å²) in [6, 6.07) is 8.04. The van der Waals surface area contributed by atoms with E-state index in [0.29, 0.717) is 19.7 Å². The molecule has 1 aromatic heterocycles. The van der Waals surface area contributed by atoms with Crippen LogP contribution in [-0.2, 0) is 16.1 Å². The van der Waals surface area contributed by atoms with Crippen molar-refractivity contribution in [3.8, 4) is 0 Å². The van der Waals surface area contributed by atoms with Gasteiger partial charge in [-0.15, -0.1) is 0 Å². The Morgan fingerprint density at radius 1 is 1.40 bits per heavy atom. The van der Waals surface area contributed by atoms with Crippen LogP contribution in [0.1, 0.15) is 12.5 Å². The van der Waals surface area contributed by atoms with Crippen LogP contribution in [0.5, 0.6) is 0 Å². The fourth-order valence-electron chi connectivity index (χ4n) is 2.01. The highest BCUT2D eigenvalue weighted by Gasteiger charge is 2.11. The van der Waals surface area contributed by atoms with Crippen LogP contribution in [0.3, 0.4) is 0 Å². The van der Waals surface area contributed by atoms with Crippen molar-refractivity contribution in [3.63, 3.8) is 0 Å². The Hall–Kier alpha value is -1.85. The Labute approximate surface area is 118 Å². The number of carbonyl (C=O) groups excluding carboxylic acids is 1. The Kier molecular flexibility index (Phi) is 5.15. The molecule has 0 fully saturated rings. The van der Waals surface area contributed by atoms with Gasteiger partial charge in [-0.25, -0.2) is 0 Å². The molecule has 3 N–H and O–H groups in total. The predicted octanol–water partition coefficient (Wildman–Crippen LogP) is 1.41. The number of nitrogens with one attached hydrogen (secondary N) is 3. The zero-order chi connectivity index (χ0) is 14.4. The second-order valence-corrected chi connectivity index (χ2v) is 4.79. The van der Waals surface area contributed by atoms with Crippen molar-refractivity contribution >= 4 is 16.8 Å². The molecule has 5 nitrogen and oxygen atoms in total. The number of aromatic amines is 1. The number of rotatable bonds is 7. The molecule has 0 saturated heterocycles. The molecule has 20 heavy (non-hydrogen) atoms. The monoisotopic (exact) mass is 275 g/mol. The highest BCUT2D eigenvalue weighted by molar-refractivity contribution is 5.81. The van der Waals surface area contributed by atoms with Crippen molar-refractivity contribution in [1.29, 1.82) is 0 Å². The summed E-state index contributed by atoms with van der Waals surface area (Å²) in [5, 5.41) is 7.22. The summed E-state index contributed by atoms with van der Waals surface area (Å²) in [5.41, 5.74) is 2.28. The van der Waals surface area contributed by atoms with Gasteiger partial charge in [-0.1, -0.05) is 6.07 Å². The second kappa shape index (κ2) is 7.07. The Bertz CT molecular complexity index is 565. The van der Waals surface area contributed by atoms with Crippen molar-refractivity contribution in [2.24, 2.45) is 0 Å². The number of amides is 1. The van der Waals surface area contributed by atoms with Crippen LogP contribution >= 0.6 is 0 Å². The molecule has 2 rings (SSSR count). The van der Waals surface area contributed by atoms with Crippen LogP contribution in [-0.4, -0.2) is 37.2 Å². The van der Waals surface area contributed by atoms with E-state index in [1.54, 1.807) is 7.11 Å². The molecule has 1 aromatic carbocycles. The Morgan fingerprint density at radius 3 is 3.05 bits per heavy atom. The normalized spacial score (nSPS) is 12.5. The SMILES string of the molecule is COCCNC(=O)C(C)NCc1ccc2[nH]ccc2c1. The highest BCUT2D eigenvalue weighted by Crippen LogP contribution is 2.14. The molecule has 5 heteroatoms. The van der Waals surface area contributed by atoms with Crippen LogP contribution in [0.25, 0.3) is 10.9 Å². The molecule has 0 aliphatic rings. The molecule has 0 spiro atoms. The van der Waals surface area contributed by atoms with E-state index in [9.17, 15) is 4.79 Å². The van der Waals surface area contributed by atoms with E-state index >= 15 is 0 Å². The van der Waals surface area contributed by atoms with Crippen LogP contribution in [0, 0.1) is 0 Å². The van der Waals surface area contributed by atoms with Crippen molar-refractivity contribution in [3.05, 3.63) is 36.0 Å². The lowest BCUT2D eigenvalue weighted by Gasteiger charge is -2.14. The Balaban J connectivity index is 1.82. The fraction of sp³-hybridized carbons (Fsp3) is 0.400. The zero-order valence-corrected chi connectivity index (χ0v) is 11.9. The van der Waals surface area contributed by atoms with Crippen molar-refractivity contribution in [2.75, 3.05) is 20.3 Å². The maximum Gasteiger partial charge on any atom is 0.236 e. The molecule has 0 aliphatic heterocycles. The van der Waals surface area contributed by atoms with Gasteiger partial charge in [-0.3, -0.25) is 4.79 Å². The first-order valence-electron chi connectivity index (χ1n) is 6.77. The zero-order valence-electron chi connectivity index (χ0n) is 11.9. The Morgan fingerprint density at radius 2 is 2.25 bits per heavy atom. The van der Waals surface area contributed by atoms with Crippen molar-refractivity contribution in [1.82, 2.24) is 15.6 Å². The maximum atomic E-state index is 11.8. The van der Waals surface area contributed by atoms with Gasteiger partial charge in [0.1, 0.15) is 0 Å². The van der Waals surface area contributed by atoms with E-state index in [0.717, 1.165) is 11.1 Å². The van der Waals surface area contributed by atoms with E-state index in [-0.39, 0.29) is 11.9 Å². The number of hydrogen-bond acceptors (Lipinski definition) is 3. The van der Waals surface area contributed by atoms with E-state index in [4.69, 9.17) is 4.74 Å². The molecular weight excluding hydrogens is 254 g/mol. The first-order chi connectivity index (χ1) is 9.70. The number of ether oxygens (including phenoxy) is 1. The molecule has 2 aromatic rings. The van der Waals surface area contributed by atoms with Gasteiger partial charge in [0.15, 0.2) is 0 Å². The number of aromatic nitrogens is 1. The lowest BCUT2D eigenvalue weighted by Crippen LogP contribution is -2.42. The number of methoxy groups -OCH3 is 1. The van der Waals surface area contributed by atoms with Crippen LogP contribution < -0.4 is 10.6 Å². The van der Waals surface area contributed by atoms with Crippen molar-refractivity contribution < 1.29 is 9.53 Å². The van der Waals surface area contributed by atoms with Crippen LogP contribution in [0.2, 0.25) is 0 Å². The predicted molar refractivity (Wildman–Crippen MR) is 79.5 cm³/mol. The average molecular weight is 275 g/mol. The number of carbonyl (C=O) groups is 1. The summed E-state index contributed by atoms with van der Waals surface area (Å²) in [5.74, 6) is -0.00947. The minimum atomic E-state index is -0.228. The quantitative estimate of drug-likeness (QED) is 0.669. The van der Waals surface area contributed by atoms with E-state index in [2.05, 4.69) is 33.8 Å². The molecule has 1 atom stereocenters. The van der Waals surface area contributed by atoms with Gasteiger partial charge < -0.3 is 20.4 Å². The standard InChI is InChI=1S/C15H21N3O2/c1-11(15(19)17-7-8-20-2)18-10-12-3-4-14-13(9-12)5-6-16-14/h3-6,9,11,16,18H,7-8,10H2,1-2H3,(H,17,19). The third-order valence-electron chi connectivity index (χ3n) is 3.23. The first kappa shape index (κ1) is 14.6. The van der Waals surface area contributed by atoms with Gasteiger partial charge in [0.25, 0.3) is 0 Å². The molecule has 0 radical (unpaired) electrons. The van der Waals surface area contributed by atoms with E-state index < -0.39 is 0 Å². The molecule has 0 saturated carbocycles. The number of hydrogen-bond donors (Lipinski definition) is 3. The largest absolute Gasteiger partial charge is 0.383 e. The number of H-pyrrole nitrogens is 1. The van der Waals surface area contributed by atoms with E-state index in [1.165, 1.54) is 5.39 Å². The number of fused-ring (bicyclic) bond motifs is 1. The molecule has 0 aliphatic carbocycles. The van der Waals surface area contributed by atoms with Gasteiger partial charge >= 0.3 is 0 Å². The van der Waals surface area contributed by atoms with Gasteiger partial charge in [-0.2, -0.15) is 0 Å². The third-order valence-corrected chi connectivity index (χ3v) is 3.23. The van der Waals surface area contributed by atoms with Gasteiger partial charge in [0.05, 0.1) is 12.6 Å². The minimum absolute atomic E-state index is 0.00947. The number of benzene rings is 1. The van der Waals surface area contributed by atoms with Gasteiger partial charge in [-0.05, 0) is 36.1 Å². The third kappa shape index (κ3) is 3.82. The summed E-state index contributed by atoms with van der Waals surface area (Å²) in [4.78, 5) is 14.9. The average Bonchev–Trinajstić information content (AvgIpc) is 2.92. The van der Waals surface area contributed by atoms with Crippen LogP contribution in [0.15, 0.2) is 30.5 Å². The van der Waals surface area contributed by atoms with Gasteiger partial charge in [0, 0.05) is 31.9 Å². The second-order valence-electron chi connectivity index (χ2n) is 4.79. The summed E-state index contributed by atoms with van der Waals surface area (Å²) in [7, 11) is 1.62.